The first kappa shape index (κ1) is 22.3. The minimum Gasteiger partial charge on any atom is -0.385 e. The molecule has 1 aromatic carbocycles. The monoisotopic (exact) mass is 386 g/mol. The van der Waals surface area contributed by atoms with Crippen LogP contribution in [-0.4, -0.2) is 36.0 Å². The fourth-order valence-corrected chi connectivity index (χ4v) is 3.07. The molecule has 0 unspecified atom stereocenters. The van der Waals surface area contributed by atoms with E-state index in [0.29, 0.717) is 30.6 Å². The van der Waals surface area contributed by atoms with Gasteiger partial charge in [0.15, 0.2) is 0 Å². The van der Waals surface area contributed by atoms with Gasteiger partial charge in [0, 0.05) is 18.8 Å². The number of likely N-dealkylation sites (tertiary alicyclic amines) is 1. The van der Waals surface area contributed by atoms with E-state index < -0.39 is 6.04 Å². The van der Waals surface area contributed by atoms with E-state index in [1.54, 1.807) is 23.1 Å². The normalized spacial score (nSPS) is 16.4. The molecule has 1 aliphatic heterocycles. The Balaban J connectivity index is 0.00000364. The number of anilines is 1. The lowest BCUT2D eigenvalue weighted by atomic mass is 10.1. The van der Waals surface area contributed by atoms with Crippen molar-refractivity contribution in [1.82, 2.24) is 4.90 Å². The molecule has 0 aromatic heterocycles. The predicted octanol–water partition coefficient (Wildman–Crippen LogP) is 2.28. The number of halogens is 1. The van der Waals surface area contributed by atoms with Gasteiger partial charge in [-0.05, 0) is 50.3 Å². The number of unbranched alkanes of at least 4 members (excludes halogenated alkanes) is 1. The zero-order chi connectivity index (χ0) is 18.9. The van der Waals surface area contributed by atoms with Crippen molar-refractivity contribution in [3.8, 4) is 18.2 Å². The van der Waals surface area contributed by atoms with E-state index in [1.165, 1.54) is 0 Å². The number of carbonyl (C=O) groups excluding carboxylic acids is 1. The van der Waals surface area contributed by atoms with E-state index in [0.717, 1.165) is 31.4 Å². The van der Waals surface area contributed by atoms with Crippen LogP contribution in [0.2, 0.25) is 0 Å². The molecule has 0 radical (unpaired) electrons. The number of nitrogens with two attached hydrogens (primary N) is 1. The Kier molecular flexibility index (Phi) is 9.09. The number of rotatable bonds is 7. The molecule has 1 aromatic rings. The fraction of sp³-hybridized carbons (Fsp3) is 0.474. The smallest absolute Gasteiger partial charge is 0.240 e. The van der Waals surface area contributed by atoms with E-state index in [-0.39, 0.29) is 24.4 Å². The highest BCUT2D eigenvalue weighted by atomic mass is 35.5. The second kappa shape index (κ2) is 11.0. The third kappa shape index (κ3) is 5.86. The quantitative estimate of drug-likeness (QED) is 0.691. The predicted molar refractivity (Wildman–Crippen MR) is 104 cm³/mol. The lowest BCUT2D eigenvalue weighted by Gasteiger charge is -2.23. The number of hydrogen-bond acceptors (Lipinski definition) is 6. The van der Waals surface area contributed by atoms with Crippen molar-refractivity contribution < 1.29 is 4.79 Å². The number of nitrogens with zero attached hydrogens (tertiary/aromatic N) is 4. The Morgan fingerprint density at radius 1 is 1.26 bits per heavy atom. The number of hydrogen-bond donors (Lipinski definition) is 2. The molecular weight excluding hydrogens is 364 g/mol. The molecule has 0 aliphatic carbocycles. The molecule has 27 heavy (non-hydrogen) atoms. The minimum absolute atomic E-state index is 0. The van der Waals surface area contributed by atoms with Crippen molar-refractivity contribution in [1.29, 1.82) is 15.8 Å². The van der Waals surface area contributed by atoms with Crippen LogP contribution in [0.3, 0.4) is 0 Å². The Morgan fingerprint density at radius 3 is 2.67 bits per heavy atom. The van der Waals surface area contributed by atoms with E-state index in [1.807, 2.05) is 12.1 Å². The average molecular weight is 387 g/mol. The highest BCUT2D eigenvalue weighted by molar-refractivity contribution is 5.85. The molecule has 7 nitrogen and oxygen atoms in total. The van der Waals surface area contributed by atoms with Crippen molar-refractivity contribution >= 4 is 24.0 Å². The van der Waals surface area contributed by atoms with E-state index in [2.05, 4.69) is 11.4 Å². The molecule has 2 atom stereocenters. The van der Waals surface area contributed by atoms with Gasteiger partial charge in [-0.15, -0.1) is 12.4 Å². The highest BCUT2D eigenvalue weighted by Crippen LogP contribution is 2.18. The standard InChI is InChI=1S/C19H22N6O.ClH/c20-11-14-6-7-16(10-15(14)12-21)24-8-2-1-5-18(23)19(26)25-9-3-4-17(25)13-22;/h6-7,10,17-18,24H,1-5,8-9,23H2;1H/t17-,18-;/m0./s1. The Bertz CT molecular complexity index is 776. The summed E-state index contributed by atoms with van der Waals surface area (Å²) in [5.74, 6) is -0.132. The van der Waals surface area contributed by atoms with Gasteiger partial charge < -0.3 is 16.0 Å². The van der Waals surface area contributed by atoms with E-state index in [9.17, 15) is 4.79 Å². The Hall–Kier alpha value is -2.79. The number of nitrogens with one attached hydrogen (secondary N) is 1. The highest BCUT2D eigenvalue weighted by Gasteiger charge is 2.31. The summed E-state index contributed by atoms with van der Waals surface area (Å²) in [5.41, 5.74) is 7.49. The van der Waals surface area contributed by atoms with Crippen LogP contribution in [0.1, 0.15) is 43.2 Å². The van der Waals surface area contributed by atoms with Crippen molar-refractivity contribution in [3.63, 3.8) is 0 Å². The summed E-state index contributed by atoms with van der Waals surface area (Å²) in [7, 11) is 0. The number of benzene rings is 1. The second-order valence-electron chi connectivity index (χ2n) is 6.33. The Labute approximate surface area is 165 Å². The Morgan fingerprint density at radius 2 is 2.00 bits per heavy atom. The van der Waals surface area contributed by atoms with Crippen LogP contribution in [-0.2, 0) is 4.79 Å². The van der Waals surface area contributed by atoms with Crippen molar-refractivity contribution in [3.05, 3.63) is 29.3 Å². The van der Waals surface area contributed by atoms with Gasteiger partial charge in [-0.1, -0.05) is 0 Å². The van der Waals surface area contributed by atoms with Gasteiger partial charge in [0.1, 0.15) is 18.2 Å². The summed E-state index contributed by atoms with van der Waals surface area (Å²) >= 11 is 0. The van der Waals surface area contributed by atoms with Crippen LogP contribution in [0.15, 0.2) is 18.2 Å². The molecular formula is C19H23ClN6O. The maximum absolute atomic E-state index is 12.3. The largest absolute Gasteiger partial charge is 0.385 e. The van der Waals surface area contributed by atoms with E-state index >= 15 is 0 Å². The number of nitriles is 3. The molecule has 0 bridgehead atoms. The summed E-state index contributed by atoms with van der Waals surface area (Å²) in [6, 6.07) is 10.3. The maximum Gasteiger partial charge on any atom is 0.240 e. The first-order valence-electron chi connectivity index (χ1n) is 8.74. The molecule has 1 amide bonds. The summed E-state index contributed by atoms with van der Waals surface area (Å²) in [6.45, 7) is 1.30. The first-order chi connectivity index (χ1) is 12.6. The van der Waals surface area contributed by atoms with E-state index in [4.69, 9.17) is 21.5 Å². The van der Waals surface area contributed by atoms with Crippen LogP contribution >= 0.6 is 12.4 Å². The number of amides is 1. The molecule has 1 heterocycles. The molecule has 8 heteroatoms. The molecule has 1 saturated heterocycles. The zero-order valence-corrected chi connectivity index (χ0v) is 15.8. The van der Waals surface area contributed by atoms with Gasteiger partial charge in [0.2, 0.25) is 5.91 Å². The molecule has 0 spiro atoms. The van der Waals surface area contributed by atoms with Gasteiger partial charge in [-0.2, -0.15) is 15.8 Å². The summed E-state index contributed by atoms with van der Waals surface area (Å²) in [5, 5.41) is 30.2. The number of carbonyl (C=O) groups is 1. The minimum atomic E-state index is -0.566. The van der Waals surface area contributed by atoms with Crippen LogP contribution in [0.4, 0.5) is 5.69 Å². The molecule has 0 saturated carbocycles. The van der Waals surface area contributed by atoms with Gasteiger partial charge in [0.05, 0.1) is 23.2 Å². The van der Waals surface area contributed by atoms with Gasteiger partial charge in [0.25, 0.3) is 0 Å². The lowest BCUT2D eigenvalue weighted by molar-refractivity contribution is -0.132. The molecule has 1 fully saturated rings. The average Bonchev–Trinajstić information content (AvgIpc) is 3.15. The van der Waals surface area contributed by atoms with Crippen molar-refractivity contribution in [2.45, 2.75) is 44.2 Å². The first-order valence-corrected chi connectivity index (χ1v) is 8.74. The summed E-state index contributed by atoms with van der Waals surface area (Å²) in [4.78, 5) is 13.9. The molecule has 1 aliphatic rings. The third-order valence-electron chi connectivity index (χ3n) is 4.53. The van der Waals surface area contributed by atoms with Crippen molar-refractivity contribution in [2.24, 2.45) is 5.73 Å². The third-order valence-corrected chi connectivity index (χ3v) is 4.53. The lowest BCUT2D eigenvalue weighted by Crippen LogP contribution is -2.45. The zero-order valence-electron chi connectivity index (χ0n) is 15.0. The molecule has 2 rings (SSSR count). The maximum atomic E-state index is 12.3. The van der Waals surface area contributed by atoms with Crippen LogP contribution in [0, 0.1) is 34.0 Å². The van der Waals surface area contributed by atoms with Crippen LogP contribution < -0.4 is 11.1 Å². The SMILES string of the molecule is Cl.N#Cc1ccc(NCCCC[C@H](N)C(=O)N2CCC[C@H]2C#N)cc1C#N. The van der Waals surface area contributed by atoms with Crippen LogP contribution in [0.25, 0.3) is 0 Å². The van der Waals surface area contributed by atoms with Gasteiger partial charge in [-0.3, -0.25) is 4.79 Å². The molecule has 3 N–H and O–H groups in total. The summed E-state index contributed by atoms with van der Waals surface area (Å²) < 4.78 is 0. The second-order valence-corrected chi connectivity index (χ2v) is 6.33. The topological polar surface area (TPSA) is 130 Å². The molecule has 142 valence electrons. The van der Waals surface area contributed by atoms with Gasteiger partial charge >= 0.3 is 0 Å². The summed E-state index contributed by atoms with van der Waals surface area (Å²) in [6.07, 6.45) is 3.77. The van der Waals surface area contributed by atoms with Gasteiger partial charge in [-0.25, -0.2) is 0 Å². The van der Waals surface area contributed by atoms with Crippen LogP contribution in [0.5, 0.6) is 0 Å². The fourth-order valence-electron chi connectivity index (χ4n) is 3.07. The van der Waals surface area contributed by atoms with Crippen molar-refractivity contribution in [2.75, 3.05) is 18.4 Å².